The van der Waals surface area contributed by atoms with Gasteiger partial charge in [-0.05, 0) is 43.1 Å². The minimum atomic E-state index is -1.09. The summed E-state index contributed by atoms with van der Waals surface area (Å²) < 4.78 is 11.7. The molecular formula is C34H55N3O7. The van der Waals surface area contributed by atoms with Gasteiger partial charge in [-0.2, -0.15) is 0 Å². The molecule has 0 aromatic heterocycles. The molecule has 1 aromatic rings. The van der Waals surface area contributed by atoms with Gasteiger partial charge in [-0.15, -0.1) is 0 Å². The Bertz CT molecular complexity index is 1070. The van der Waals surface area contributed by atoms with E-state index in [4.69, 9.17) is 9.47 Å². The zero-order chi connectivity index (χ0) is 33.0. The molecule has 1 aromatic carbocycles. The minimum Gasteiger partial charge on any atom is -0.480 e. The van der Waals surface area contributed by atoms with Crippen molar-refractivity contribution in [2.75, 3.05) is 27.8 Å². The maximum absolute atomic E-state index is 13.8. The summed E-state index contributed by atoms with van der Waals surface area (Å²) in [5.74, 6) is -1.96. The lowest BCUT2D eigenvalue weighted by Gasteiger charge is -2.39. The summed E-state index contributed by atoms with van der Waals surface area (Å²) in [6, 6.07) is 7.89. The van der Waals surface area contributed by atoms with Gasteiger partial charge in [0.2, 0.25) is 17.7 Å². The van der Waals surface area contributed by atoms with Crippen molar-refractivity contribution in [2.24, 2.45) is 17.8 Å². The monoisotopic (exact) mass is 617 g/mol. The summed E-state index contributed by atoms with van der Waals surface area (Å²) >= 11 is 0. The van der Waals surface area contributed by atoms with Crippen molar-refractivity contribution in [2.45, 2.75) is 110 Å². The van der Waals surface area contributed by atoms with Crippen molar-refractivity contribution in [3.8, 4) is 0 Å². The Morgan fingerprint density at radius 1 is 1.05 bits per heavy atom. The molecule has 7 atom stereocenters. The van der Waals surface area contributed by atoms with Crippen molar-refractivity contribution in [1.29, 1.82) is 0 Å². The van der Waals surface area contributed by atoms with Crippen LogP contribution in [-0.2, 0) is 35.1 Å². The number of aryl methyl sites for hydroxylation is 1. The fraction of sp³-hybridized carbons (Fsp3) is 0.706. The molecular weight excluding hydrogens is 562 g/mol. The van der Waals surface area contributed by atoms with Crippen molar-refractivity contribution >= 4 is 23.7 Å². The van der Waals surface area contributed by atoms with Crippen LogP contribution in [0.25, 0.3) is 0 Å². The Hall–Kier alpha value is -2.98. The van der Waals surface area contributed by atoms with Crippen molar-refractivity contribution < 1.29 is 33.8 Å². The van der Waals surface area contributed by atoms with E-state index in [0.717, 1.165) is 18.4 Å². The molecule has 10 nitrogen and oxygen atoms in total. The third kappa shape index (κ3) is 10.3. The molecule has 1 aliphatic heterocycles. The van der Waals surface area contributed by atoms with Gasteiger partial charge >= 0.3 is 5.97 Å². The molecule has 1 heterocycles. The van der Waals surface area contributed by atoms with E-state index in [1.165, 1.54) is 7.11 Å². The van der Waals surface area contributed by atoms with Gasteiger partial charge in [-0.25, -0.2) is 4.79 Å². The van der Waals surface area contributed by atoms with E-state index in [9.17, 15) is 24.3 Å². The van der Waals surface area contributed by atoms with Gasteiger partial charge in [-0.3, -0.25) is 14.4 Å². The second kappa shape index (κ2) is 18.1. The number of nitrogens with one attached hydrogen (secondary N) is 1. The number of hydrogen-bond donors (Lipinski definition) is 2. The van der Waals surface area contributed by atoms with E-state index in [1.54, 1.807) is 30.9 Å². The number of nitrogens with zero attached hydrogens (tertiary/aromatic N) is 2. The van der Waals surface area contributed by atoms with Gasteiger partial charge in [0.1, 0.15) is 6.04 Å². The third-order valence-electron chi connectivity index (χ3n) is 9.07. The van der Waals surface area contributed by atoms with Crippen LogP contribution in [0.4, 0.5) is 0 Å². The fourth-order valence-electron chi connectivity index (χ4n) is 6.33. The van der Waals surface area contributed by atoms with E-state index >= 15 is 0 Å². The van der Waals surface area contributed by atoms with Gasteiger partial charge < -0.3 is 29.7 Å². The zero-order valence-electron chi connectivity index (χ0n) is 28.0. The second-order valence-corrected chi connectivity index (χ2v) is 12.7. The Kier molecular flexibility index (Phi) is 15.3. The molecule has 44 heavy (non-hydrogen) atoms. The zero-order valence-corrected chi connectivity index (χ0v) is 28.0. The number of likely N-dealkylation sites (tertiary alicyclic amines) is 1. The molecule has 0 bridgehead atoms. The Morgan fingerprint density at radius 3 is 2.25 bits per heavy atom. The van der Waals surface area contributed by atoms with Crippen LogP contribution in [0.5, 0.6) is 0 Å². The Labute approximate surface area is 263 Å². The van der Waals surface area contributed by atoms with Crippen LogP contribution in [-0.4, -0.2) is 96.7 Å². The van der Waals surface area contributed by atoms with Crippen LogP contribution < -0.4 is 5.32 Å². The highest BCUT2D eigenvalue weighted by Crippen LogP contribution is 2.29. The van der Waals surface area contributed by atoms with Gasteiger partial charge in [0, 0.05) is 34.2 Å². The van der Waals surface area contributed by atoms with E-state index in [0.29, 0.717) is 25.8 Å². The van der Waals surface area contributed by atoms with E-state index in [2.05, 4.69) is 19.2 Å². The Morgan fingerprint density at radius 2 is 1.70 bits per heavy atom. The summed E-state index contributed by atoms with van der Waals surface area (Å²) in [6.07, 6.45) is 2.43. The molecule has 0 unspecified atom stereocenters. The SMILES string of the molecule is CC[C@H](C)[C@@H]([C@@H](CC(=O)N1CCC[C@H]1[C@H](OC)[C@@H](C)C(=O)N[C@@H](CCc1ccccc1)C(=O)O)OC)N(C)C(=O)CC(C)C. The first-order valence-corrected chi connectivity index (χ1v) is 16.0. The molecule has 2 N–H and O–H groups in total. The number of amides is 3. The van der Waals surface area contributed by atoms with Gasteiger partial charge in [0.15, 0.2) is 0 Å². The number of hydrogen-bond acceptors (Lipinski definition) is 6. The summed E-state index contributed by atoms with van der Waals surface area (Å²) in [7, 11) is 4.89. The maximum atomic E-state index is 13.8. The van der Waals surface area contributed by atoms with Crippen LogP contribution in [0.1, 0.15) is 78.7 Å². The number of carboxylic acids is 1. The average Bonchev–Trinajstić information content (AvgIpc) is 3.48. The molecule has 2 rings (SSSR count). The van der Waals surface area contributed by atoms with Crippen LogP contribution in [0, 0.1) is 17.8 Å². The van der Waals surface area contributed by atoms with Gasteiger partial charge in [0.05, 0.1) is 36.6 Å². The topological polar surface area (TPSA) is 125 Å². The van der Waals surface area contributed by atoms with E-state index in [-0.39, 0.29) is 48.6 Å². The molecule has 1 aliphatic rings. The quantitative estimate of drug-likeness (QED) is 0.254. The number of rotatable bonds is 18. The van der Waals surface area contributed by atoms with Crippen molar-refractivity contribution in [3.63, 3.8) is 0 Å². The number of carbonyl (C=O) groups is 4. The predicted octanol–water partition coefficient (Wildman–Crippen LogP) is 4.16. The number of carboxylic acid groups (broad SMARTS) is 1. The highest BCUT2D eigenvalue weighted by atomic mass is 16.5. The lowest BCUT2D eigenvalue weighted by Crippen LogP contribution is -2.54. The normalized spacial score (nSPS) is 19.1. The molecule has 1 fully saturated rings. The predicted molar refractivity (Wildman–Crippen MR) is 170 cm³/mol. The highest BCUT2D eigenvalue weighted by Gasteiger charge is 2.42. The molecule has 10 heteroatoms. The molecule has 0 saturated carbocycles. The number of ether oxygens (including phenoxy) is 2. The molecule has 0 radical (unpaired) electrons. The van der Waals surface area contributed by atoms with Crippen LogP contribution >= 0.6 is 0 Å². The first kappa shape index (κ1) is 37.2. The minimum absolute atomic E-state index is 0.0292. The maximum Gasteiger partial charge on any atom is 0.326 e. The summed E-state index contributed by atoms with van der Waals surface area (Å²) in [4.78, 5) is 55.7. The standard InChI is InChI=1S/C34H55N3O7/c1-9-23(4)31(36(6)29(38)20-22(2)3)28(43-7)21-30(39)37-19-13-16-27(37)32(44-8)24(5)33(40)35-26(34(41)42)18-17-25-14-11-10-12-15-25/h10-12,14-15,22-24,26-28,31-32H,9,13,16-21H2,1-8H3,(H,35,40)(H,41,42)/t23-,24+,26-,27-,28+,31-,32+/m0/s1. The number of likely N-dealkylation sites (N-methyl/N-ethyl adjacent to an activating group) is 1. The summed E-state index contributed by atoms with van der Waals surface area (Å²) in [5, 5.41) is 12.5. The van der Waals surface area contributed by atoms with Gasteiger partial charge in [-0.1, -0.05) is 71.4 Å². The molecule has 3 amide bonds. The van der Waals surface area contributed by atoms with Gasteiger partial charge in [0.25, 0.3) is 0 Å². The average molecular weight is 618 g/mol. The van der Waals surface area contributed by atoms with E-state index in [1.807, 2.05) is 44.2 Å². The number of carbonyl (C=O) groups excluding carboxylic acids is 3. The lowest BCUT2D eigenvalue weighted by molar-refractivity contribution is -0.147. The Balaban J connectivity index is 2.15. The van der Waals surface area contributed by atoms with Crippen LogP contribution in [0.15, 0.2) is 30.3 Å². The van der Waals surface area contributed by atoms with E-state index < -0.39 is 36.0 Å². The number of benzene rings is 1. The smallest absolute Gasteiger partial charge is 0.326 e. The van der Waals surface area contributed by atoms with Crippen LogP contribution in [0.3, 0.4) is 0 Å². The molecule has 1 saturated heterocycles. The van der Waals surface area contributed by atoms with Crippen molar-refractivity contribution in [3.05, 3.63) is 35.9 Å². The highest BCUT2D eigenvalue weighted by molar-refractivity contribution is 5.85. The first-order chi connectivity index (χ1) is 20.9. The summed E-state index contributed by atoms with van der Waals surface area (Å²) in [6.45, 7) is 10.4. The number of methoxy groups -OCH3 is 2. The fourth-order valence-corrected chi connectivity index (χ4v) is 6.33. The second-order valence-electron chi connectivity index (χ2n) is 12.7. The number of aliphatic carboxylic acids is 1. The van der Waals surface area contributed by atoms with Crippen molar-refractivity contribution in [1.82, 2.24) is 15.1 Å². The first-order valence-electron chi connectivity index (χ1n) is 16.0. The largest absolute Gasteiger partial charge is 0.480 e. The molecule has 0 aliphatic carbocycles. The molecule has 0 spiro atoms. The molecule has 248 valence electrons. The summed E-state index contributed by atoms with van der Waals surface area (Å²) in [5.41, 5.74) is 0.997. The van der Waals surface area contributed by atoms with Crippen LogP contribution in [0.2, 0.25) is 0 Å². The lowest BCUT2D eigenvalue weighted by atomic mass is 9.90. The third-order valence-corrected chi connectivity index (χ3v) is 9.07.